The van der Waals surface area contributed by atoms with Crippen molar-refractivity contribution < 1.29 is 5.11 Å². The Balaban J connectivity index is 0.000000730. The second-order valence-electron chi connectivity index (χ2n) is 6.09. The topological polar surface area (TPSA) is 47.5 Å². The van der Waals surface area contributed by atoms with E-state index in [4.69, 9.17) is 0 Å². The molecule has 1 aromatic carbocycles. The third-order valence-electron chi connectivity index (χ3n) is 4.41. The van der Waals surface area contributed by atoms with Gasteiger partial charge in [-0.15, -0.1) is 0 Å². The second-order valence-corrected chi connectivity index (χ2v) is 6.09. The number of rotatable bonds is 4. The first-order valence-electron chi connectivity index (χ1n) is 9.94. The number of unbranched alkanes of at least 4 members (excludes halogenated alkanes) is 1. The number of fused-ring (bicyclic) bond motifs is 1. The molecule has 1 aromatic rings. The van der Waals surface area contributed by atoms with E-state index in [-0.39, 0.29) is 6.04 Å². The van der Waals surface area contributed by atoms with Crippen LogP contribution in [0.3, 0.4) is 0 Å². The molecule has 4 heteroatoms. The first-order chi connectivity index (χ1) is 12.2. The highest BCUT2D eigenvalue weighted by Gasteiger charge is 2.36. The minimum Gasteiger partial charge on any atom is -0.373 e. The number of hydrazine groups is 1. The standard InChI is InChI=1S/C17H25N3O.2C2H6/c1-3-4-5-14-11-18-17(21)16-10-15(19-20(14)16)13-8-6-12(2)7-9-13;2*1-2/h6-10,14-15,17-19,21H,3-5,11H2,1-2H3;2*1-2H3. The zero-order valence-corrected chi connectivity index (χ0v) is 16.8. The van der Waals surface area contributed by atoms with Crippen molar-refractivity contribution in [2.24, 2.45) is 0 Å². The molecule has 3 unspecified atom stereocenters. The Hall–Kier alpha value is -1.36. The van der Waals surface area contributed by atoms with Crippen LogP contribution in [0.4, 0.5) is 0 Å². The molecule has 0 radical (unpaired) electrons. The zero-order chi connectivity index (χ0) is 18.8. The highest BCUT2D eigenvalue weighted by atomic mass is 16.3. The van der Waals surface area contributed by atoms with Crippen LogP contribution in [0, 0.1) is 6.92 Å². The van der Waals surface area contributed by atoms with Crippen molar-refractivity contribution in [3.8, 4) is 0 Å². The van der Waals surface area contributed by atoms with Gasteiger partial charge in [-0.05, 0) is 25.0 Å². The van der Waals surface area contributed by atoms with E-state index in [0.29, 0.717) is 6.04 Å². The number of nitrogens with zero attached hydrogens (tertiary/aromatic N) is 1. The van der Waals surface area contributed by atoms with Crippen molar-refractivity contribution in [1.29, 1.82) is 0 Å². The van der Waals surface area contributed by atoms with Gasteiger partial charge in [-0.1, -0.05) is 77.3 Å². The number of aliphatic hydroxyl groups excluding tert-OH is 1. The normalized spacial score (nSPS) is 24.4. The van der Waals surface area contributed by atoms with Crippen molar-refractivity contribution in [1.82, 2.24) is 15.8 Å². The molecule has 0 amide bonds. The first kappa shape index (κ1) is 21.7. The highest BCUT2D eigenvalue weighted by Crippen LogP contribution is 2.30. The van der Waals surface area contributed by atoms with Crippen LogP contribution >= 0.6 is 0 Å². The lowest BCUT2D eigenvalue weighted by Gasteiger charge is -2.39. The molecule has 142 valence electrons. The van der Waals surface area contributed by atoms with Crippen molar-refractivity contribution in [2.75, 3.05) is 6.54 Å². The van der Waals surface area contributed by atoms with Crippen molar-refractivity contribution in [3.63, 3.8) is 0 Å². The molecule has 4 nitrogen and oxygen atoms in total. The summed E-state index contributed by atoms with van der Waals surface area (Å²) in [6.07, 6.45) is 5.13. The zero-order valence-electron chi connectivity index (χ0n) is 16.8. The average molecular weight is 348 g/mol. The van der Waals surface area contributed by atoms with E-state index in [1.54, 1.807) is 0 Å². The van der Waals surface area contributed by atoms with Gasteiger partial charge in [-0.25, -0.2) is 5.43 Å². The van der Waals surface area contributed by atoms with Gasteiger partial charge < -0.3 is 10.1 Å². The van der Waals surface area contributed by atoms with Gasteiger partial charge >= 0.3 is 0 Å². The van der Waals surface area contributed by atoms with Crippen molar-refractivity contribution in [2.45, 2.75) is 79.1 Å². The molecule has 3 rings (SSSR count). The largest absolute Gasteiger partial charge is 0.373 e. The molecule has 2 aliphatic rings. The molecule has 1 fully saturated rings. The Morgan fingerprint density at radius 3 is 2.36 bits per heavy atom. The van der Waals surface area contributed by atoms with Gasteiger partial charge in [0.05, 0.1) is 17.8 Å². The molecule has 0 spiro atoms. The summed E-state index contributed by atoms with van der Waals surface area (Å²) in [5.41, 5.74) is 7.03. The van der Waals surface area contributed by atoms with Crippen LogP contribution in [0.5, 0.6) is 0 Å². The molecule has 3 atom stereocenters. The van der Waals surface area contributed by atoms with Gasteiger partial charge in [-0.2, -0.15) is 0 Å². The van der Waals surface area contributed by atoms with Crippen molar-refractivity contribution >= 4 is 0 Å². The quantitative estimate of drug-likeness (QED) is 0.761. The summed E-state index contributed by atoms with van der Waals surface area (Å²) in [5, 5.41) is 15.6. The van der Waals surface area contributed by atoms with E-state index in [1.165, 1.54) is 24.0 Å². The number of aliphatic hydroxyl groups is 1. The van der Waals surface area contributed by atoms with Gasteiger partial charge in [0.25, 0.3) is 0 Å². The van der Waals surface area contributed by atoms with Crippen LogP contribution in [0.2, 0.25) is 0 Å². The second kappa shape index (κ2) is 11.3. The van der Waals surface area contributed by atoms with Gasteiger partial charge in [0.1, 0.15) is 6.23 Å². The molecule has 2 heterocycles. The lowest BCUT2D eigenvalue weighted by atomic mass is 10.0. The summed E-state index contributed by atoms with van der Waals surface area (Å²) in [6.45, 7) is 13.1. The third-order valence-corrected chi connectivity index (χ3v) is 4.41. The van der Waals surface area contributed by atoms with Crippen LogP contribution in [0.1, 0.15) is 71.0 Å². The Labute approximate surface area is 154 Å². The predicted octanol–water partition coefficient (Wildman–Crippen LogP) is 4.27. The van der Waals surface area contributed by atoms with Gasteiger partial charge in [-0.3, -0.25) is 5.32 Å². The monoisotopic (exact) mass is 347 g/mol. The molecule has 25 heavy (non-hydrogen) atoms. The summed E-state index contributed by atoms with van der Waals surface area (Å²) in [6, 6.07) is 9.15. The van der Waals surface area contributed by atoms with E-state index in [9.17, 15) is 5.11 Å². The van der Waals surface area contributed by atoms with Gasteiger partial charge in [0.2, 0.25) is 0 Å². The smallest absolute Gasteiger partial charge is 0.147 e. The molecule has 0 bridgehead atoms. The summed E-state index contributed by atoms with van der Waals surface area (Å²) in [5.74, 6) is 0. The Kier molecular flexibility index (Phi) is 9.79. The average Bonchev–Trinajstić information content (AvgIpc) is 3.12. The van der Waals surface area contributed by atoms with Crippen LogP contribution < -0.4 is 10.7 Å². The number of benzene rings is 1. The van der Waals surface area contributed by atoms with E-state index in [0.717, 1.165) is 18.7 Å². The minimum atomic E-state index is -0.564. The Bertz CT molecular complexity index is 510. The fraction of sp³-hybridized carbons (Fsp3) is 0.619. The maximum Gasteiger partial charge on any atom is 0.147 e. The number of nitrogens with one attached hydrogen (secondary N) is 2. The number of hydrogen-bond acceptors (Lipinski definition) is 4. The highest BCUT2D eigenvalue weighted by molar-refractivity contribution is 5.31. The fourth-order valence-corrected chi connectivity index (χ4v) is 3.11. The summed E-state index contributed by atoms with van der Waals surface area (Å²) in [7, 11) is 0. The summed E-state index contributed by atoms with van der Waals surface area (Å²) >= 11 is 0. The molecule has 2 aliphatic heterocycles. The SMILES string of the molecule is CC.CC.CCCCC1CNC(O)C2=CC(c3ccc(C)cc3)NN21. The third kappa shape index (κ3) is 5.56. The van der Waals surface area contributed by atoms with E-state index < -0.39 is 6.23 Å². The molecular weight excluding hydrogens is 310 g/mol. The maximum atomic E-state index is 10.2. The predicted molar refractivity (Wildman–Crippen MR) is 107 cm³/mol. The van der Waals surface area contributed by atoms with Gasteiger partial charge in [0.15, 0.2) is 0 Å². The molecule has 0 aliphatic carbocycles. The van der Waals surface area contributed by atoms with Crippen molar-refractivity contribution in [3.05, 3.63) is 47.2 Å². The van der Waals surface area contributed by atoms with Crippen LogP contribution in [0.15, 0.2) is 36.0 Å². The summed E-state index contributed by atoms with van der Waals surface area (Å²) < 4.78 is 0. The van der Waals surface area contributed by atoms with Crippen LogP contribution in [-0.2, 0) is 0 Å². The fourth-order valence-electron chi connectivity index (χ4n) is 3.11. The Morgan fingerprint density at radius 2 is 1.76 bits per heavy atom. The van der Waals surface area contributed by atoms with E-state index >= 15 is 0 Å². The number of piperazine rings is 1. The lowest BCUT2D eigenvalue weighted by Crippen LogP contribution is -2.56. The van der Waals surface area contributed by atoms with Gasteiger partial charge in [0, 0.05) is 6.54 Å². The summed E-state index contributed by atoms with van der Waals surface area (Å²) in [4.78, 5) is 0. The number of aryl methyl sites for hydroxylation is 1. The molecule has 1 saturated heterocycles. The lowest BCUT2D eigenvalue weighted by molar-refractivity contribution is 0.0467. The molecule has 0 saturated carbocycles. The molecule has 0 aromatic heterocycles. The Morgan fingerprint density at radius 1 is 1.12 bits per heavy atom. The minimum absolute atomic E-state index is 0.152. The maximum absolute atomic E-state index is 10.2. The molecule has 3 N–H and O–H groups in total. The van der Waals surface area contributed by atoms with Crippen LogP contribution in [-0.4, -0.2) is 28.9 Å². The van der Waals surface area contributed by atoms with Crippen LogP contribution in [0.25, 0.3) is 0 Å². The first-order valence-corrected chi connectivity index (χ1v) is 9.94. The number of hydrogen-bond donors (Lipinski definition) is 3. The molecular formula is C21H37N3O. The van der Waals surface area contributed by atoms with E-state index in [1.807, 2.05) is 27.7 Å². The van der Waals surface area contributed by atoms with E-state index in [2.05, 4.69) is 59.9 Å².